The van der Waals surface area contributed by atoms with Crippen molar-refractivity contribution in [3.05, 3.63) is 80.7 Å². The van der Waals surface area contributed by atoms with Crippen LogP contribution in [0.1, 0.15) is 11.1 Å². The Kier molecular flexibility index (Phi) is 4.30. The van der Waals surface area contributed by atoms with E-state index in [0.717, 1.165) is 10.0 Å². The minimum atomic E-state index is -0.203. The molecule has 0 aliphatic rings. The van der Waals surface area contributed by atoms with Crippen LogP contribution in [0.15, 0.2) is 64.0 Å². The van der Waals surface area contributed by atoms with Crippen molar-refractivity contribution in [2.45, 2.75) is 13.5 Å². The summed E-state index contributed by atoms with van der Waals surface area (Å²) in [5, 5.41) is 10.3. The first-order valence-corrected chi connectivity index (χ1v) is 8.02. The fourth-order valence-electron chi connectivity index (χ4n) is 2.46. The second-order valence-corrected chi connectivity index (χ2v) is 6.16. The first-order valence-electron chi connectivity index (χ1n) is 7.23. The van der Waals surface area contributed by atoms with Crippen molar-refractivity contribution in [1.29, 1.82) is 0 Å². The molecule has 0 fully saturated rings. The Balaban J connectivity index is 2.00. The number of benzene rings is 1. The van der Waals surface area contributed by atoms with Crippen molar-refractivity contribution in [1.82, 2.24) is 4.40 Å². The zero-order chi connectivity index (χ0) is 16.4. The standard InChI is InChI=1S/C18H15BrN2O2/c1-13-17(22)20-11-3-2-6-16(20)21(18(13)23)12-4-5-14-7-9-15(19)10-8-14/h2-11H,12H2,1H3/p+1/b5-4+. The zero-order valence-electron chi connectivity index (χ0n) is 12.6. The van der Waals surface area contributed by atoms with Crippen LogP contribution in [0.5, 0.6) is 5.88 Å². The van der Waals surface area contributed by atoms with Gasteiger partial charge in [-0.15, -0.1) is 0 Å². The Hall–Kier alpha value is -2.40. The lowest BCUT2D eigenvalue weighted by atomic mass is 10.2. The number of nitrogens with zero attached hydrogens (tertiary/aromatic N) is 2. The average Bonchev–Trinajstić information content (AvgIpc) is 2.57. The lowest BCUT2D eigenvalue weighted by Crippen LogP contribution is -2.40. The summed E-state index contributed by atoms with van der Waals surface area (Å²) in [6.45, 7) is 2.10. The maximum absolute atomic E-state index is 12.2. The van der Waals surface area contributed by atoms with E-state index in [1.54, 1.807) is 28.2 Å². The van der Waals surface area contributed by atoms with Gasteiger partial charge in [0.1, 0.15) is 12.1 Å². The largest absolute Gasteiger partial charge is 0.477 e. The Morgan fingerprint density at radius 1 is 1.22 bits per heavy atom. The number of rotatable bonds is 3. The molecule has 2 heterocycles. The first kappa shape index (κ1) is 15.5. The van der Waals surface area contributed by atoms with Gasteiger partial charge < -0.3 is 5.11 Å². The van der Waals surface area contributed by atoms with Crippen LogP contribution < -0.4 is 10.1 Å². The number of allylic oxidation sites excluding steroid dienone is 1. The summed E-state index contributed by atoms with van der Waals surface area (Å²) in [5.41, 5.74) is 1.86. The van der Waals surface area contributed by atoms with E-state index in [0.29, 0.717) is 17.8 Å². The van der Waals surface area contributed by atoms with Gasteiger partial charge in [-0.25, -0.2) is 4.79 Å². The van der Waals surface area contributed by atoms with E-state index in [-0.39, 0.29) is 11.4 Å². The molecule has 0 aliphatic carbocycles. The van der Waals surface area contributed by atoms with Crippen LogP contribution in [0.25, 0.3) is 11.7 Å². The first-order chi connectivity index (χ1) is 11.1. The molecule has 1 aromatic carbocycles. The molecular formula is C18H16BrN2O2+. The van der Waals surface area contributed by atoms with Crippen molar-refractivity contribution >= 4 is 27.7 Å². The minimum absolute atomic E-state index is 0.00153. The smallest absolute Gasteiger partial charge is 0.349 e. The molecule has 2 aromatic heterocycles. The van der Waals surface area contributed by atoms with E-state index < -0.39 is 0 Å². The molecule has 0 amide bonds. The van der Waals surface area contributed by atoms with E-state index in [1.807, 2.05) is 48.6 Å². The number of halogens is 1. The van der Waals surface area contributed by atoms with E-state index in [4.69, 9.17) is 0 Å². The number of fused-ring (bicyclic) bond motifs is 1. The third-order valence-corrected chi connectivity index (χ3v) is 4.24. The predicted octanol–water partition coefficient (Wildman–Crippen LogP) is 3.08. The number of pyridine rings is 1. The molecule has 1 N–H and O–H groups in total. The van der Waals surface area contributed by atoms with Crippen molar-refractivity contribution in [2.24, 2.45) is 0 Å². The number of hydrogen-bond acceptors (Lipinski definition) is 2. The van der Waals surface area contributed by atoms with Crippen molar-refractivity contribution in [2.75, 3.05) is 0 Å². The monoisotopic (exact) mass is 371 g/mol. The Labute approximate surface area is 142 Å². The predicted molar refractivity (Wildman–Crippen MR) is 93.4 cm³/mol. The maximum Gasteiger partial charge on any atom is 0.349 e. The summed E-state index contributed by atoms with van der Waals surface area (Å²) in [5.74, 6) is 0.00153. The number of aromatic hydroxyl groups is 1. The highest BCUT2D eigenvalue weighted by Crippen LogP contribution is 2.12. The molecule has 0 radical (unpaired) electrons. The van der Waals surface area contributed by atoms with E-state index >= 15 is 0 Å². The SMILES string of the molecule is Cc1c(O)[n+](C/C=C/c2ccc(Br)cc2)c2ccccn2c1=O. The zero-order valence-corrected chi connectivity index (χ0v) is 14.2. The fraction of sp³-hybridized carbons (Fsp3) is 0.111. The molecule has 23 heavy (non-hydrogen) atoms. The average molecular weight is 372 g/mol. The maximum atomic E-state index is 12.2. The normalized spacial score (nSPS) is 11.4. The molecule has 0 atom stereocenters. The van der Waals surface area contributed by atoms with Crippen molar-refractivity contribution in [3.63, 3.8) is 0 Å². The molecular weight excluding hydrogens is 356 g/mol. The fourth-order valence-corrected chi connectivity index (χ4v) is 2.73. The van der Waals surface area contributed by atoms with Gasteiger partial charge in [0, 0.05) is 10.5 Å². The summed E-state index contributed by atoms with van der Waals surface area (Å²) in [6, 6.07) is 13.4. The van der Waals surface area contributed by atoms with Gasteiger partial charge in [-0.3, -0.25) is 0 Å². The van der Waals surface area contributed by atoms with Crippen LogP contribution in [0.3, 0.4) is 0 Å². The van der Waals surface area contributed by atoms with Gasteiger partial charge in [0.15, 0.2) is 0 Å². The summed E-state index contributed by atoms with van der Waals surface area (Å²) in [7, 11) is 0. The molecule has 0 saturated heterocycles. The summed E-state index contributed by atoms with van der Waals surface area (Å²) < 4.78 is 4.29. The van der Waals surface area contributed by atoms with E-state index in [9.17, 15) is 9.90 Å². The van der Waals surface area contributed by atoms with E-state index in [1.165, 1.54) is 0 Å². The van der Waals surface area contributed by atoms with Gasteiger partial charge in [0.2, 0.25) is 0 Å². The highest BCUT2D eigenvalue weighted by atomic mass is 79.9. The van der Waals surface area contributed by atoms with Crippen molar-refractivity contribution in [3.8, 4) is 5.88 Å². The van der Waals surface area contributed by atoms with Crippen LogP contribution in [0, 0.1) is 6.92 Å². The van der Waals surface area contributed by atoms with Crippen LogP contribution >= 0.6 is 15.9 Å². The van der Waals surface area contributed by atoms with E-state index in [2.05, 4.69) is 15.9 Å². The minimum Gasteiger partial charge on any atom is -0.477 e. The van der Waals surface area contributed by atoms with Crippen LogP contribution in [-0.4, -0.2) is 9.51 Å². The van der Waals surface area contributed by atoms with Crippen LogP contribution in [-0.2, 0) is 6.54 Å². The van der Waals surface area contributed by atoms with Crippen LogP contribution in [0.2, 0.25) is 0 Å². The second-order valence-electron chi connectivity index (χ2n) is 5.25. The quantitative estimate of drug-likeness (QED) is 0.719. The lowest BCUT2D eigenvalue weighted by Gasteiger charge is -2.05. The Bertz CT molecular complexity index is 944. The van der Waals surface area contributed by atoms with Crippen molar-refractivity contribution < 1.29 is 9.67 Å². The van der Waals surface area contributed by atoms with Gasteiger partial charge in [0.05, 0.1) is 6.20 Å². The third-order valence-electron chi connectivity index (χ3n) is 3.71. The summed E-state index contributed by atoms with van der Waals surface area (Å²) in [6.07, 6.45) is 5.65. The number of aromatic nitrogens is 2. The third kappa shape index (κ3) is 3.05. The molecule has 0 aliphatic heterocycles. The van der Waals surface area contributed by atoms with Gasteiger partial charge in [0.25, 0.3) is 11.5 Å². The molecule has 3 rings (SSSR count). The highest BCUT2D eigenvalue weighted by molar-refractivity contribution is 9.10. The summed E-state index contributed by atoms with van der Waals surface area (Å²) >= 11 is 3.41. The Morgan fingerprint density at radius 3 is 2.70 bits per heavy atom. The number of hydrogen-bond donors (Lipinski definition) is 1. The molecule has 0 bridgehead atoms. The molecule has 116 valence electrons. The second kappa shape index (κ2) is 6.38. The van der Waals surface area contributed by atoms with Gasteiger partial charge in [-0.05, 0) is 36.8 Å². The molecule has 5 heteroatoms. The highest BCUT2D eigenvalue weighted by Gasteiger charge is 2.19. The molecule has 0 unspecified atom stereocenters. The molecule has 0 spiro atoms. The Morgan fingerprint density at radius 2 is 1.96 bits per heavy atom. The van der Waals surface area contributed by atoms with Gasteiger partial charge in [-0.1, -0.05) is 40.2 Å². The summed E-state index contributed by atoms with van der Waals surface area (Å²) in [4.78, 5) is 12.2. The van der Waals surface area contributed by atoms with Gasteiger partial charge in [-0.2, -0.15) is 8.97 Å². The topological polar surface area (TPSA) is 45.6 Å². The van der Waals surface area contributed by atoms with Gasteiger partial charge >= 0.3 is 5.56 Å². The van der Waals surface area contributed by atoms with Crippen LogP contribution in [0.4, 0.5) is 0 Å². The molecule has 4 nitrogen and oxygen atoms in total. The lowest BCUT2D eigenvalue weighted by molar-refractivity contribution is -0.671. The molecule has 0 saturated carbocycles. The molecule has 3 aromatic rings.